The fourth-order valence-corrected chi connectivity index (χ4v) is 5.18. The quantitative estimate of drug-likeness (QED) is 0.685. The van der Waals surface area contributed by atoms with Crippen LogP contribution in [0.4, 0.5) is 10.1 Å². The SMILES string of the molecule is CN1CCc2c(N3C[C@@H]4CCCN[C@@H]4C3)c(F)c(O)c3c(=O)c(C(=O)O)cn1c23. The lowest BCUT2D eigenvalue weighted by atomic mass is 9.94. The number of aromatic carboxylic acids is 1. The first-order chi connectivity index (χ1) is 13.9. The third-order valence-corrected chi connectivity index (χ3v) is 6.61. The topological polar surface area (TPSA) is 98.0 Å². The predicted molar refractivity (Wildman–Crippen MR) is 106 cm³/mol. The Morgan fingerprint density at radius 3 is 2.86 bits per heavy atom. The Balaban J connectivity index is 1.78. The van der Waals surface area contributed by atoms with Crippen LogP contribution in [0.3, 0.4) is 0 Å². The number of carboxylic acid groups (broad SMARTS) is 1. The molecule has 8 nitrogen and oxygen atoms in total. The van der Waals surface area contributed by atoms with E-state index in [1.807, 2.05) is 4.90 Å². The molecule has 5 rings (SSSR count). The Bertz CT molecular complexity index is 1080. The molecule has 0 saturated carbocycles. The lowest BCUT2D eigenvalue weighted by Crippen LogP contribution is -2.41. The van der Waals surface area contributed by atoms with Gasteiger partial charge in [0, 0.05) is 44.5 Å². The third-order valence-electron chi connectivity index (χ3n) is 6.61. The van der Waals surface area contributed by atoms with Crippen molar-refractivity contribution in [3.63, 3.8) is 0 Å². The second-order valence-corrected chi connectivity index (χ2v) is 8.23. The number of rotatable bonds is 2. The van der Waals surface area contributed by atoms with Crippen molar-refractivity contribution < 1.29 is 19.4 Å². The van der Waals surface area contributed by atoms with E-state index < -0.39 is 28.5 Å². The Morgan fingerprint density at radius 1 is 1.34 bits per heavy atom. The lowest BCUT2D eigenvalue weighted by molar-refractivity contribution is 0.0695. The number of phenolic OH excluding ortho intramolecular Hbond substituents is 1. The number of halogens is 1. The number of anilines is 1. The zero-order valence-electron chi connectivity index (χ0n) is 16.1. The molecule has 29 heavy (non-hydrogen) atoms. The van der Waals surface area contributed by atoms with Gasteiger partial charge in [-0.1, -0.05) is 0 Å². The highest BCUT2D eigenvalue weighted by Gasteiger charge is 2.38. The van der Waals surface area contributed by atoms with Gasteiger partial charge in [0.15, 0.2) is 11.6 Å². The van der Waals surface area contributed by atoms with Crippen LogP contribution in [-0.2, 0) is 6.42 Å². The Kier molecular flexibility index (Phi) is 3.99. The first kappa shape index (κ1) is 18.2. The molecule has 2 aromatic rings. The summed E-state index contributed by atoms with van der Waals surface area (Å²) in [6.45, 7) is 2.84. The van der Waals surface area contributed by atoms with Gasteiger partial charge >= 0.3 is 5.97 Å². The number of nitrogens with zero attached hydrogens (tertiary/aromatic N) is 3. The number of carboxylic acids is 1. The highest BCUT2D eigenvalue weighted by Crippen LogP contribution is 2.42. The average Bonchev–Trinajstić information content (AvgIpc) is 3.11. The van der Waals surface area contributed by atoms with E-state index in [9.17, 15) is 19.8 Å². The van der Waals surface area contributed by atoms with E-state index in [0.717, 1.165) is 19.4 Å². The van der Waals surface area contributed by atoms with Crippen molar-refractivity contribution in [2.24, 2.45) is 5.92 Å². The maximum Gasteiger partial charge on any atom is 0.341 e. The number of phenols is 1. The van der Waals surface area contributed by atoms with Crippen molar-refractivity contribution in [3.05, 3.63) is 33.4 Å². The van der Waals surface area contributed by atoms with E-state index in [1.54, 1.807) is 16.7 Å². The molecule has 0 amide bonds. The van der Waals surface area contributed by atoms with Crippen LogP contribution in [-0.4, -0.2) is 60.1 Å². The van der Waals surface area contributed by atoms with Crippen LogP contribution >= 0.6 is 0 Å². The molecule has 3 aliphatic heterocycles. The van der Waals surface area contributed by atoms with Crippen molar-refractivity contribution in [1.82, 2.24) is 9.99 Å². The third kappa shape index (κ3) is 2.53. The van der Waals surface area contributed by atoms with E-state index >= 15 is 4.39 Å². The molecule has 2 saturated heterocycles. The minimum absolute atomic E-state index is 0.262. The van der Waals surface area contributed by atoms with Gasteiger partial charge in [0.05, 0.1) is 16.6 Å². The van der Waals surface area contributed by atoms with E-state index in [-0.39, 0.29) is 11.4 Å². The number of aromatic hydroxyl groups is 1. The average molecular weight is 402 g/mol. The van der Waals surface area contributed by atoms with Crippen LogP contribution in [0.2, 0.25) is 0 Å². The number of benzene rings is 1. The summed E-state index contributed by atoms with van der Waals surface area (Å²) in [5.74, 6) is -2.57. The van der Waals surface area contributed by atoms with Gasteiger partial charge < -0.3 is 25.4 Å². The largest absolute Gasteiger partial charge is 0.504 e. The molecule has 2 fully saturated rings. The molecular formula is C20H23FN4O4. The molecule has 3 N–H and O–H groups in total. The predicted octanol–water partition coefficient (Wildman–Crippen LogP) is 0.857. The molecule has 0 radical (unpaired) electrons. The van der Waals surface area contributed by atoms with Gasteiger partial charge in [-0.15, -0.1) is 0 Å². The van der Waals surface area contributed by atoms with Crippen LogP contribution in [0.1, 0.15) is 28.8 Å². The maximum absolute atomic E-state index is 15.5. The number of piperidine rings is 1. The molecule has 4 heterocycles. The molecule has 0 unspecified atom stereocenters. The highest BCUT2D eigenvalue weighted by molar-refractivity contribution is 5.99. The summed E-state index contributed by atoms with van der Waals surface area (Å²) in [7, 11) is 1.77. The monoisotopic (exact) mass is 402 g/mol. The van der Waals surface area contributed by atoms with E-state index in [4.69, 9.17) is 0 Å². The summed E-state index contributed by atoms with van der Waals surface area (Å²) in [5.41, 5.74) is 0.0399. The molecular weight excluding hydrogens is 379 g/mol. The number of carbonyl (C=O) groups is 1. The van der Waals surface area contributed by atoms with Gasteiger partial charge in [-0.25, -0.2) is 9.18 Å². The molecule has 0 bridgehead atoms. The fourth-order valence-electron chi connectivity index (χ4n) is 5.18. The van der Waals surface area contributed by atoms with Crippen LogP contribution in [0.25, 0.3) is 10.9 Å². The highest BCUT2D eigenvalue weighted by atomic mass is 19.1. The van der Waals surface area contributed by atoms with Gasteiger partial charge in [-0.05, 0) is 31.7 Å². The number of aromatic nitrogens is 1. The van der Waals surface area contributed by atoms with Gasteiger partial charge in [0.2, 0.25) is 5.43 Å². The summed E-state index contributed by atoms with van der Waals surface area (Å²) < 4.78 is 17.0. The zero-order chi connectivity index (χ0) is 20.4. The number of likely N-dealkylation sites (N-methyl/N-ethyl adjacent to an activating group) is 1. The van der Waals surface area contributed by atoms with Crippen LogP contribution in [0, 0.1) is 11.7 Å². The number of nitrogens with one attached hydrogen (secondary N) is 1. The zero-order valence-corrected chi connectivity index (χ0v) is 16.1. The van der Waals surface area contributed by atoms with Crippen molar-refractivity contribution in [3.8, 4) is 5.75 Å². The van der Waals surface area contributed by atoms with Crippen molar-refractivity contribution >= 4 is 22.6 Å². The molecule has 2 atom stereocenters. The molecule has 1 aromatic carbocycles. The summed E-state index contributed by atoms with van der Waals surface area (Å²) >= 11 is 0. The van der Waals surface area contributed by atoms with Gasteiger partial charge in [0.25, 0.3) is 0 Å². The second kappa shape index (κ2) is 6.35. The summed E-state index contributed by atoms with van der Waals surface area (Å²) in [4.78, 5) is 26.3. The normalized spacial score (nSPS) is 23.5. The smallest absolute Gasteiger partial charge is 0.341 e. The molecule has 9 heteroatoms. The Labute approximate surface area is 166 Å². The number of pyridine rings is 1. The molecule has 1 aromatic heterocycles. The molecule has 3 aliphatic rings. The Morgan fingerprint density at radius 2 is 2.14 bits per heavy atom. The molecule has 154 valence electrons. The van der Waals surface area contributed by atoms with Crippen molar-refractivity contribution in [2.45, 2.75) is 25.3 Å². The summed E-state index contributed by atoms with van der Waals surface area (Å²) in [6.07, 6.45) is 3.95. The molecule has 0 spiro atoms. The standard InChI is InChI=1S/C20H23FN4O4/c1-23-6-4-11-16-14(18(26)12(20(28)29)8-25(16)23)19(27)15(21)17(11)24-7-10-3-2-5-22-13(10)9-24/h8,10,13,22,27H,2-7,9H2,1H3,(H,28,29)/t10-,13+/m0/s1. The van der Waals surface area contributed by atoms with Crippen molar-refractivity contribution in [2.75, 3.05) is 43.1 Å². The van der Waals surface area contributed by atoms with Gasteiger partial charge in [-0.2, -0.15) is 0 Å². The van der Waals surface area contributed by atoms with Gasteiger partial charge in [-0.3, -0.25) is 9.47 Å². The number of hydrogen-bond donors (Lipinski definition) is 3. The summed E-state index contributed by atoms with van der Waals surface area (Å²) in [5, 5.41) is 25.1. The minimum Gasteiger partial charge on any atom is -0.504 e. The van der Waals surface area contributed by atoms with Crippen molar-refractivity contribution in [1.29, 1.82) is 0 Å². The minimum atomic E-state index is -1.40. The maximum atomic E-state index is 15.5. The first-order valence-corrected chi connectivity index (χ1v) is 9.94. The van der Waals surface area contributed by atoms with E-state index in [2.05, 4.69) is 5.32 Å². The summed E-state index contributed by atoms with van der Waals surface area (Å²) in [6, 6.07) is 0.288. The number of fused-ring (bicyclic) bond motifs is 1. The van der Waals surface area contributed by atoms with Crippen LogP contribution in [0.5, 0.6) is 5.75 Å². The lowest BCUT2D eigenvalue weighted by Gasteiger charge is -2.34. The fraction of sp³-hybridized carbons (Fsp3) is 0.500. The molecule has 0 aliphatic carbocycles. The van der Waals surface area contributed by atoms with E-state index in [1.165, 1.54) is 6.20 Å². The van der Waals surface area contributed by atoms with Crippen LogP contribution < -0.4 is 20.7 Å². The second-order valence-electron chi connectivity index (χ2n) is 8.23. The first-order valence-electron chi connectivity index (χ1n) is 9.94. The number of hydrogen-bond acceptors (Lipinski definition) is 6. The Hall–Kier alpha value is -2.81. The van der Waals surface area contributed by atoms with Gasteiger partial charge in [0.1, 0.15) is 5.56 Å². The van der Waals surface area contributed by atoms with E-state index in [0.29, 0.717) is 48.7 Å². The van der Waals surface area contributed by atoms with Crippen LogP contribution in [0.15, 0.2) is 11.0 Å².